The highest BCUT2D eigenvalue weighted by Gasteiger charge is 2.12. The van der Waals surface area contributed by atoms with Crippen molar-refractivity contribution in [3.05, 3.63) is 59.8 Å². The first-order valence-corrected chi connectivity index (χ1v) is 7.10. The third-order valence-corrected chi connectivity index (χ3v) is 3.65. The second kappa shape index (κ2) is 6.26. The largest absolute Gasteiger partial charge is 0.497 e. The molecule has 0 spiro atoms. The number of nitrogens with zero attached hydrogens (tertiary/aromatic N) is 2. The van der Waals surface area contributed by atoms with Crippen LogP contribution in [0.3, 0.4) is 0 Å². The topological polar surface area (TPSA) is 99.0 Å². The van der Waals surface area contributed by atoms with Crippen LogP contribution in [-0.4, -0.2) is 28.4 Å². The number of hydrogen-bond acceptors (Lipinski definition) is 4. The Hall–Kier alpha value is -3.59. The Bertz CT molecular complexity index is 937. The minimum Gasteiger partial charge on any atom is -0.497 e. The van der Waals surface area contributed by atoms with E-state index in [9.17, 15) is 10.1 Å². The van der Waals surface area contributed by atoms with Gasteiger partial charge < -0.3 is 9.84 Å². The number of aromatic amines is 1. The van der Waals surface area contributed by atoms with Crippen LogP contribution in [0.15, 0.2) is 48.5 Å². The first-order chi connectivity index (χ1) is 11.6. The van der Waals surface area contributed by atoms with Gasteiger partial charge in [0.1, 0.15) is 11.4 Å². The number of H-pyrrole nitrogens is 1. The van der Waals surface area contributed by atoms with Crippen LogP contribution in [0.25, 0.3) is 22.4 Å². The van der Waals surface area contributed by atoms with Gasteiger partial charge in [-0.25, -0.2) is 4.79 Å². The van der Waals surface area contributed by atoms with Crippen LogP contribution in [0, 0.1) is 11.3 Å². The zero-order valence-corrected chi connectivity index (χ0v) is 12.8. The van der Waals surface area contributed by atoms with Gasteiger partial charge in [0.2, 0.25) is 0 Å². The van der Waals surface area contributed by atoms with E-state index in [1.165, 1.54) is 6.07 Å². The molecule has 24 heavy (non-hydrogen) atoms. The summed E-state index contributed by atoms with van der Waals surface area (Å²) in [5.41, 5.74) is 3.32. The number of carboxylic acids is 1. The predicted molar refractivity (Wildman–Crippen MR) is 87.7 cm³/mol. The molecule has 0 aliphatic heterocycles. The Morgan fingerprint density at radius 3 is 2.46 bits per heavy atom. The van der Waals surface area contributed by atoms with Gasteiger partial charge in [-0.05, 0) is 35.4 Å². The number of hydrogen-bond donors (Lipinski definition) is 2. The molecule has 0 saturated carbocycles. The third-order valence-electron chi connectivity index (χ3n) is 3.65. The molecule has 6 nitrogen and oxygen atoms in total. The van der Waals surface area contributed by atoms with E-state index in [2.05, 4.69) is 16.3 Å². The van der Waals surface area contributed by atoms with E-state index < -0.39 is 5.97 Å². The summed E-state index contributed by atoms with van der Waals surface area (Å²) in [4.78, 5) is 10.9. The lowest BCUT2D eigenvalue weighted by Gasteiger charge is -2.07. The van der Waals surface area contributed by atoms with E-state index in [1.807, 2.05) is 36.4 Å². The van der Waals surface area contributed by atoms with Crippen molar-refractivity contribution in [3.8, 4) is 34.2 Å². The van der Waals surface area contributed by atoms with Gasteiger partial charge in [0.25, 0.3) is 0 Å². The van der Waals surface area contributed by atoms with Crippen LogP contribution in [0.4, 0.5) is 0 Å². The molecule has 6 heteroatoms. The fraction of sp³-hybridized carbons (Fsp3) is 0.0556. The average molecular weight is 319 g/mol. The van der Waals surface area contributed by atoms with Crippen molar-refractivity contribution < 1.29 is 14.6 Å². The van der Waals surface area contributed by atoms with Gasteiger partial charge in [-0.3, -0.25) is 5.10 Å². The molecule has 3 aromatic rings. The fourth-order valence-electron chi connectivity index (χ4n) is 2.40. The molecule has 0 amide bonds. The van der Waals surface area contributed by atoms with Gasteiger partial charge in [-0.15, -0.1) is 0 Å². The normalized spacial score (nSPS) is 10.2. The summed E-state index contributed by atoms with van der Waals surface area (Å²) in [5.74, 6) is -0.337. The van der Waals surface area contributed by atoms with Crippen LogP contribution in [-0.2, 0) is 0 Å². The standard InChI is InChI=1S/C18H13N3O3/c1-24-14-5-2-11(3-6-14)15-7-4-12(8-13(15)10-19)16-9-17(18(22)23)21-20-16/h2-9H,1H3,(H,20,21)(H,22,23). The lowest BCUT2D eigenvalue weighted by molar-refractivity contribution is 0.0690. The SMILES string of the molecule is COc1ccc(-c2ccc(-c3cc(C(=O)O)[nH]n3)cc2C#N)cc1. The van der Waals surface area contributed by atoms with E-state index in [0.29, 0.717) is 16.8 Å². The number of nitrogens with one attached hydrogen (secondary N) is 1. The number of carboxylic acid groups (broad SMARTS) is 1. The van der Waals surface area contributed by atoms with Crippen molar-refractivity contribution in [2.75, 3.05) is 7.11 Å². The lowest BCUT2D eigenvalue weighted by Crippen LogP contribution is -1.95. The predicted octanol–water partition coefficient (Wildman–Crippen LogP) is 3.32. The monoisotopic (exact) mass is 319 g/mol. The fourth-order valence-corrected chi connectivity index (χ4v) is 2.40. The van der Waals surface area contributed by atoms with E-state index in [0.717, 1.165) is 16.9 Å². The zero-order valence-electron chi connectivity index (χ0n) is 12.8. The van der Waals surface area contributed by atoms with Crippen LogP contribution < -0.4 is 4.74 Å². The number of benzene rings is 2. The highest BCUT2D eigenvalue weighted by molar-refractivity contribution is 5.87. The zero-order chi connectivity index (χ0) is 17.1. The molecule has 0 radical (unpaired) electrons. The van der Waals surface area contributed by atoms with E-state index in [1.54, 1.807) is 13.2 Å². The molecule has 0 unspecified atom stereocenters. The van der Waals surface area contributed by atoms with E-state index in [-0.39, 0.29) is 5.69 Å². The van der Waals surface area contributed by atoms with Crippen molar-refractivity contribution in [1.82, 2.24) is 10.2 Å². The van der Waals surface area contributed by atoms with Gasteiger partial charge in [0.05, 0.1) is 24.4 Å². The summed E-state index contributed by atoms with van der Waals surface area (Å²) in [6.07, 6.45) is 0. The van der Waals surface area contributed by atoms with E-state index in [4.69, 9.17) is 9.84 Å². The molecular formula is C18H13N3O3. The number of ether oxygens (including phenoxy) is 1. The highest BCUT2D eigenvalue weighted by atomic mass is 16.5. The summed E-state index contributed by atoms with van der Waals surface area (Å²) < 4.78 is 5.14. The highest BCUT2D eigenvalue weighted by Crippen LogP contribution is 2.29. The Balaban J connectivity index is 2.01. The van der Waals surface area contributed by atoms with Crippen LogP contribution in [0.5, 0.6) is 5.75 Å². The Kier molecular flexibility index (Phi) is 4.00. The number of nitriles is 1. The van der Waals surface area contributed by atoms with Crippen molar-refractivity contribution in [1.29, 1.82) is 5.26 Å². The van der Waals surface area contributed by atoms with Crippen LogP contribution in [0.2, 0.25) is 0 Å². The maximum Gasteiger partial charge on any atom is 0.353 e. The number of rotatable bonds is 4. The second-order valence-electron chi connectivity index (χ2n) is 5.07. The molecule has 0 fully saturated rings. The third kappa shape index (κ3) is 2.83. The van der Waals surface area contributed by atoms with Crippen molar-refractivity contribution in [2.24, 2.45) is 0 Å². The minimum absolute atomic E-state index is 0.00254. The number of aromatic nitrogens is 2. The summed E-state index contributed by atoms with van der Waals surface area (Å²) in [6, 6.07) is 16.4. The number of methoxy groups -OCH3 is 1. The maximum absolute atomic E-state index is 10.9. The first-order valence-electron chi connectivity index (χ1n) is 7.10. The molecule has 2 N–H and O–H groups in total. The molecule has 2 aromatic carbocycles. The Labute approximate surface area is 137 Å². The number of aromatic carboxylic acids is 1. The second-order valence-corrected chi connectivity index (χ2v) is 5.07. The van der Waals surface area contributed by atoms with Crippen molar-refractivity contribution in [3.63, 3.8) is 0 Å². The van der Waals surface area contributed by atoms with Gasteiger partial charge in [-0.1, -0.05) is 24.3 Å². The minimum atomic E-state index is -1.08. The van der Waals surface area contributed by atoms with Gasteiger partial charge in [0.15, 0.2) is 0 Å². The maximum atomic E-state index is 10.9. The van der Waals surface area contributed by atoms with Crippen molar-refractivity contribution in [2.45, 2.75) is 0 Å². The van der Waals surface area contributed by atoms with Crippen molar-refractivity contribution >= 4 is 5.97 Å². The number of carbonyl (C=O) groups is 1. The molecule has 0 bridgehead atoms. The summed E-state index contributed by atoms with van der Waals surface area (Å²) in [5, 5.41) is 24.8. The molecule has 3 rings (SSSR count). The van der Waals surface area contributed by atoms with Crippen LogP contribution >= 0.6 is 0 Å². The smallest absolute Gasteiger partial charge is 0.353 e. The lowest BCUT2D eigenvalue weighted by atomic mass is 9.97. The molecule has 0 aliphatic carbocycles. The molecule has 118 valence electrons. The summed E-state index contributed by atoms with van der Waals surface area (Å²) in [7, 11) is 1.60. The quantitative estimate of drug-likeness (QED) is 0.768. The summed E-state index contributed by atoms with van der Waals surface area (Å²) >= 11 is 0. The summed E-state index contributed by atoms with van der Waals surface area (Å²) in [6.45, 7) is 0. The van der Waals surface area contributed by atoms with Gasteiger partial charge in [-0.2, -0.15) is 10.4 Å². The molecule has 0 atom stereocenters. The molecule has 1 aromatic heterocycles. The Morgan fingerprint density at radius 1 is 1.17 bits per heavy atom. The molecule has 0 aliphatic rings. The first kappa shape index (κ1) is 15.3. The molecule has 1 heterocycles. The Morgan fingerprint density at radius 2 is 1.88 bits per heavy atom. The van der Waals surface area contributed by atoms with Gasteiger partial charge >= 0.3 is 5.97 Å². The molecular weight excluding hydrogens is 306 g/mol. The van der Waals surface area contributed by atoms with E-state index >= 15 is 0 Å². The average Bonchev–Trinajstić information content (AvgIpc) is 3.12. The van der Waals surface area contributed by atoms with Gasteiger partial charge in [0, 0.05) is 5.56 Å². The molecule has 0 saturated heterocycles. The van der Waals surface area contributed by atoms with Crippen LogP contribution in [0.1, 0.15) is 16.1 Å².